The van der Waals surface area contributed by atoms with Crippen molar-refractivity contribution < 1.29 is 19.4 Å². The molecule has 7 nitrogen and oxygen atoms in total. The van der Waals surface area contributed by atoms with Crippen molar-refractivity contribution in [3.05, 3.63) is 88.5 Å². The number of allylic oxidation sites excluding steroid dienone is 1. The molecule has 4 rings (SSSR count). The molecule has 10 heteroatoms. The first-order chi connectivity index (χ1) is 16.2. The molecular formula is C24H20Cl2N2O5S. The summed E-state index contributed by atoms with van der Waals surface area (Å²) >= 11 is 13.2. The third kappa shape index (κ3) is 4.36. The fraction of sp³-hybridized carbons (Fsp3) is 0.208. The van der Waals surface area contributed by atoms with Gasteiger partial charge >= 0.3 is 5.97 Å². The zero-order valence-corrected chi connectivity index (χ0v) is 20.8. The molecule has 176 valence electrons. The van der Waals surface area contributed by atoms with Gasteiger partial charge in [-0.05, 0) is 49.8 Å². The fourth-order valence-electron chi connectivity index (χ4n) is 3.73. The molecule has 1 atom stereocenters. The van der Waals surface area contributed by atoms with E-state index in [4.69, 9.17) is 32.7 Å². The number of fused-ring (bicyclic) bond motifs is 1. The summed E-state index contributed by atoms with van der Waals surface area (Å²) in [5.41, 5.74) is 1.35. The lowest BCUT2D eigenvalue weighted by atomic mass is 9.96. The van der Waals surface area contributed by atoms with Gasteiger partial charge in [0, 0.05) is 10.6 Å². The van der Waals surface area contributed by atoms with Crippen LogP contribution in [0.15, 0.2) is 57.5 Å². The molecule has 2 aromatic carbocycles. The summed E-state index contributed by atoms with van der Waals surface area (Å²) in [4.78, 5) is 31.4. The maximum atomic E-state index is 13.6. The predicted octanol–water partition coefficient (Wildman–Crippen LogP) is 3.82. The van der Waals surface area contributed by atoms with Crippen LogP contribution in [0.5, 0.6) is 11.5 Å². The second-order valence-electron chi connectivity index (χ2n) is 7.40. The number of carbonyl (C=O) groups excluding carboxylic acids is 1. The molecule has 0 fully saturated rings. The van der Waals surface area contributed by atoms with E-state index in [0.717, 1.165) is 11.3 Å². The summed E-state index contributed by atoms with van der Waals surface area (Å²) < 4.78 is 12.3. The Morgan fingerprint density at radius 2 is 1.97 bits per heavy atom. The molecule has 1 aliphatic rings. The highest BCUT2D eigenvalue weighted by molar-refractivity contribution is 7.07. The van der Waals surface area contributed by atoms with Gasteiger partial charge in [0.2, 0.25) is 0 Å². The number of rotatable bonds is 5. The van der Waals surface area contributed by atoms with Crippen LogP contribution in [-0.4, -0.2) is 29.4 Å². The number of aromatic nitrogens is 1. The van der Waals surface area contributed by atoms with Crippen molar-refractivity contribution in [1.82, 2.24) is 4.57 Å². The number of halogens is 2. The Labute approximate surface area is 208 Å². The number of phenols is 1. The quantitative estimate of drug-likeness (QED) is 0.518. The van der Waals surface area contributed by atoms with E-state index in [1.807, 2.05) is 0 Å². The highest BCUT2D eigenvalue weighted by atomic mass is 35.5. The highest BCUT2D eigenvalue weighted by Crippen LogP contribution is 2.33. The van der Waals surface area contributed by atoms with Crippen LogP contribution in [0.1, 0.15) is 31.0 Å². The van der Waals surface area contributed by atoms with Crippen LogP contribution < -0.4 is 19.6 Å². The highest BCUT2D eigenvalue weighted by Gasteiger charge is 2.33. The van der Waals surface area contributed by atoms with Crippen molar-refractivity contribution in [3.8, 4) is 11.5 Å². The smallest absolute Gasteiger partial charge is 0.338 e. The number of benzene rings is 2. The molecule has 3 aromatic rings. The standard InChI is InChI=1S/C24H20Cl2N2O5S/c1-4-33-23(31)19-12(2)27-24-28(20(19)13-5-7-16(32-3)8-6-13)22(30)18(34-24)10-14-9-15(25)11-17(26)21(14)29/h5-11,20,29H,4H2,1-3H3. The van der Waals surface area contributed by atoms with E-state index in [2.05, 4.69) is 4.99 Å². The van der Waals surface area contributed by atoms with Crippen LogP contribution >= 0.6 is 34.5 Å². The van der Waals surface area contributed by atoms with Crippen molar-refractivity contribution >= 4 is 46.6 Å². The minimum atomic E-state index is -0.750. The van der Waals surface area contributed by atoms with Crippen molar-refractivity contribution in [2.45, 2.75) is 19.9 Å². The molecule has 0 saturated carbocycles. The van der Waals surface area contributed by atoms with Crippen molar-refractivity contribution in [3.63, 3.8) is 0 Å². The minimum Gasteiger partial charge on any atom is -0.506 e. The van der Waals surface area contributed by atoms with Gasteiger partial charge in [0.15, 0.2) is 4.80 Å². The summed E-state index contributed by atoms with van der Waals surface area (Å²) in [6, 6.07) is 9.28. The SMILES string of the molecule is CCOC(=O)C1=C(C)N=c2sc(=Cc3cc(Cl)cc(Cl)c3O)c(=O)n2C1c1ccc(OC)cc1. The molecular weight excluding hydrogens is 499 g/mol. The zero-order valence-electron chi connectivity index (χ0n) is 18.5. The van der Waals surface area contributed by atoms with E-state index in [-0.39, 0.29) is 28.5 Å². The van der Waals surface area contributed by atoms with Crippen LogP contribution in [0.25, 0.3) is 6.08 Å². The summed E-state index contributed by atoms with van der Waals surface area (Å²) in [5, 5.41) is 10.7. The topological polar surface area (TPSA) is 90.1 Å². The van der Waals surface area contributed by atoms with E-state index in [1.165, 1.54) is 22.8 Å². The number of thiazole rings is 1. The normalized spacial score (nSPS) is 15.7. The second-order valence-corrected chi connectivity index (χ2v) is 9.25. The van der Waals surface area contributed by atoms with Crippen LogP contribution in [-0.2, 0) is 9.53 Å². The maximum absolute atomic E-state index is 13.6. The Morgan fingerprint density at radius 3 is 2.62 bits per heavy atom. The monoisotopic (exact) mass is 518 g/mol. The molecule has 1 unspecified atom stereocenters. The Bertz CT molecular complexity index is 1490. The number of hydrogen-bond acceptors (Lipinski definition) is 7. The Balaban J connectivity index is 1.97. The van der Waals surface area contributed by atoms with Gasteiger partial charge in [-0.1, -0.05) is 46.7 Å². The number of hydrogen-bond donors (Lipinski definition) is 1. The Morgan fingerprint density at radius 1 is 1.26 bits per heavy atom. The first kappa shape index (κ1) is 24.1. The number of ether oxygens (including phenoxy) is 2. The molecule has 34 heavy (non-hydrogen) atoms. The number of phenolic OH excluding ortho intramolecular Hbond substituents is 1. The average molecular weight is 519 g/mol. The minimum absolute atomic E-state index is 0.0723. The summed E-state index contributed by atoms with van der Waals surface area (Å²) in [6.07, 6.45) is 1.51. The third-order valence-corrected chi connectivity index (χ3v) is 6.78. The van der Waals surface area contributed by atoms with Crippen LogP contribution in [0, 0.1) is 0 Å². The Kier molecular flexibility index (Phi) is 6.84. The van der Waals surface area contributed by atoms with Crippen LogP contribution in [0.3, 0.4) is 0 Å². The van der Waals surface area contributed by atoms with Gasteiger partial charge in [-0.3, -0.25) is 9.36 Å². The molecule has 2 heterocycles. The summed E-state index contributed by atoms with van der Waals surface area (Å²) in [5.74, 6) is -0.0898. The third-order valence-electron chi connectivity index (χ3n) is 5.29. The zero-order chi connectivity index (χ0) is 24.6. The number of methoxy groups -OCH3 is 1. The number of aromatic hydroxyl groups is 1. The molecule has 0 amide bonds. The van der Waals surface area contributed by atoms with E-state index in [0.29, 0.717) is 36.9 Å². The van der Waals surface area contributed by atoms with Crippen molar-refractivity contribution in [2.24, 2.45) is 4.99 Å². The second kappa shape index (κ2) is 9.66. The largest absolute Gasteiger partial charge is 0.506 e. The van der Waals surface area contributed by atoms with E-state index < -0.39 is 12.0 Å². The van der Waals surface area contributed by atoms with Gasteiger partial charge < -0.3 is 14.6 Å². The molecule has 1 aromatic heterocycles. The lowest BCUT2D eigenvalue weighted by Crippen LogP contribution is -2.39. The van der Waals surface area contributed by atoms with Gasteiger partial charge in [0.25, 0.3) is 5.56 Å². The first-order valence-corrected chi connectivity index (χ1v) is 11.8. The first-order valence-electron chi connectivity index (χ1n) is 10.3. The number of nitrogens with zero attached hydrogens (tertiary/aromatic N) is 2. The van der Waals surface area contributed by atoms with Gasteiger partial charge in [0.1, 0.15) is 11.5 Å². The van der Waals surface area contributed by atoms with Gasteiger partial charge in [0.05, 0.1) is 40.6 Å². The molecule has 0 aliphatic carbocycles. The van der Waals surface area contributed by atoms with E-state index in [9.17, 15) is 14.7 Å². The van der Waals surface area contributed by atoms with Crippen molar-refractivity contribution in [2.75, 3.05) is 13.7 Å². The Hall–Kier alpha value is -3.07. The van der Waals surface area contributed by atoms with E-state index in [1.54, 1.807) is 45.2 Å². The molecule has 0 spiro atoms. The lowest BCUT2D eigenvalue weighted by molar-refractivity contribution is -0.139. The van der Waals surface area contributed by atoms with E-state index >= 15 is 0 Å². The number of carbonyl (C=O) groups is 1. The van der Waals surface area contributed by atoms with Crippen molar-refractivity contribution in [1.29, 1.82) is 0 Å². The molecule has 0 saturated heterocycles. The molecule has 0 radical (unpaired) electrons. The lowest BCUT2D eigenvalue weighted by Gasteiger charge is -2.24. The molecule has 1 aliphatic heterocycles. The maximum Gasteiger partial charge on any atom is 0.338 e. The molecule has 0 bridgehead atoms. The van der Waals surface area contributed by atoms with Crippen LogP contribution in [0.4, 0.5) is 0 Å². The molecule has 1 N–H and O–H groups in total. The van der Waals surface area contributed by atoms with Gasteiger partial charge in [-0.2, -0.15) is 0 Å². The fourth-order valence-corrected chi connectivity index (χ4v) is 5.28. The summed E-state index contributed by atoms with van der Waals surface area (Å²) in [6.45, 7) is 3.61. The average Bonchev–Trinajstić information content (AvgIpc) is 3.10. The van der Waals surface area contributed by atoms with Gasteiger partial charge in [-0.25, -0.2) is 9.79 Å². The number of esters is 1. The summed E-state index contributed by atoms with van der Waals surface area (Å²) in [7, 11) is 1.56. The van der Waals surface area contributed by atoms with Gasteiger partial charge in [-0.15, -0.1) is 0 Å². The predicted molar refractivity (Wildman–Crippen MR) is 132 cm³/mol. The van der Waals surface area contributed by atoms with Crippen LogP contribution in [0.2, 0.25) is 10.0 Å².